The van der Waals surface area contributed by atoms with E-state index in [4.69, 9.17) is 9.97 Å². The zero-order valence-corrected chi connectivity index (χ0v) is 32.2. The minimum absolute atomic E-state index is 0.334. The summed E-state index contributed by atoms with van der Waals surface area (Å²) in [4.78, 5) is 11.5. The van der Waals surface area contributed by atoms with Crippen molar-refractivity contribution in [1.29, 1.82) is 0 Å². The van der Waals surface area contributed by atoms with Crippen LogP contribution in [0.15, 0.2) is 164 Å². The third kappa shape index (κ3) is 4.05. The molecule has 266 valence electrons. The summed E-state index contributed by atoms with van der Waals surface area (Å²) in [5.74, 6) is 0.697. The number of hydrogen-bond donors (Lipinski definition) is 0. The molecule has 0 bridgehead atoms. The highest BCUT2D eigenvalue weighted by molar-refractivity contribution is 7.26. The Morgan fingerprint density at radius 3 is 1.88 bits per heavy atom. The second-order valence-electron chi connectivity index (χ2n) is 16.0. The molecule has 0 aliphatic heterocycles. The molecule has 0 N–H and O–H groups in total. The lowest BCUT2D eigenvalue weighted by molar-refractivity contribution is 0.632. The summed E-state index contributed by atoms with van der Waals surface area (Å²) in [7, 11) is 0. The monoisotopic (exact) mass is 743 g/mol. The molecule has 0 spiro atoms. The van der Waals surface area contributed by atoms with Crippen molar-refractivity contribution in [2.45, 2.75) is 19.3 Å². The van der Waals surface area contributed by atoms with Gasteiger partial charge in [0.2, 0.25) is 5.95 Å². The normalized spacial score (nSPS) is 13.6. The van der Waals surface area contributed by atoms with E-state index in [1.165, 1.54) is 85.2 Å². The SMILES string of the molecule is CC1(C)c2ccccc2-c2c(-c3cccc4c3sc3ccccc34)nc(-n3c4ccc5ccccc5c4c4c5c6ccccc6c6ccccc6c5ccc43)nc21. The van der Waals surface area contributed by atoms with E-state index >= 15 is 0 Å². The summed E-state index contributed by atoms with van der Waals surface area (Å²) < 4.78 is 4.90. The van der Waals surface area contributed by atoms with Gasteiger partial charge in [-0.15, -0.1) is 11.3 Å². The highest BCUT2D eigenvalue weighted by Crippen LogP contribution is 2.53. The molecule has 0 atom stereocenters. The Kier molecular flexibility index (Phi) is 6.12. The minimum Gasteiger partial charge on any atom is -0.278 e. The zero-order chi connectivity index (χ0) is 37.6. The molecule has 3 nitrogen and oxygen atoms in total. The van der Waals surface area contributed by atoms with Gasteiger partial charge in [-0.3, -0.25) is 4.57 Å². The molecule has 0 unspecified atom stereocenters. The third-order valence-corrected chi connectivity index (χ3v) is 14.0. The molecule has 12 aromatic rings. The summed E-state index contributed by atoms with van der Waals surface area (Å²) in [6, 6.07) is 60.1. The topological polar surface area (TPSA) is 30.7 Å². The highest BCUT2D eigenvalue weighted by Gasteiger charge is 2.40. The number of fused-ring (bicyclic) bond motifs is 18. The van der Waals surface area contributed by atoms with Crippen LogP contribution in [0.3, 0.4) is 0 Å². The van der Waals surface area contributed by atoms with Crippen molar-refractivity contribution in [1.82, 2.24) is 14.5 Å². The number of rotatable bonds is 2. The number of thiophene rings is 1. The standard InChI is InChI=1S/C53H33N3S/c1-53(2)41-24-11-9-21-39(41)47-49(40-23-13-22-38-35-19-10-12-25-44(35)57-50(38)40)54-52(55-51(47)53)56-42-28-26-30-14-3-4-15-31(30)46(42)48-43(56)29-27-37-34-18-6-5-16-32(34)33-17-7-8-20-36(33)45(37)48/h3-29H,1-2H3. The number of aromatic nitrogens is 3. The predicted molar refractivity (Wildman–Crippen MR) is 242 cm³/mol. The molecule has 0 radical (unpaired) electrons. The molecule has 0 saturated heterocycles. The maximum Gasteiger partial charge on any atom is 0.235 e. The first-order chi connectivity index (χ1) is 28.1. The molecular weight excluding hydrogens is 711 g/mol. The van der Waals surface area contributed by atoms with Crippen LogP contribution < -0.4 is 0 Å². The Morgan fingerprint density at radius 2 is 1.05 bits per heavy atom. The summed E-state index contributed by atoms with van der Waals surface area (Å²) in [6.45, 7) is 4.64. The molecule has 1 aliphatic rings. The second-order valence-corrected chi connectivity index (χ2v) is 17.1. The van der Waals surface area contributed by atoms with Gasteiger partial charge in [-0.05, 0) is 67.0 Å². The van der Waals surface area contributed by atoms with Crippen LogP contribution in [0.4, 0.5) is 0 Å². The summed E-state index contributed by atoms with van der Waals surface area (Å²) >= 11 is 1.86. The van der Waals surface area contributed by atoms with Gasteiger partial charge in [0.15, 0.2) is 0 Å². The van der Waals surface area contributed by atoms with Crippen LogP contribution >= 0.6 is 11.3 Å². The van der Waals surface area contributed by atoms with Gasteiger partial charge in [-0.25, -0.2) is 9.97 Å². The summed E-state index contributed by atoms with van der Waals surface area (Å²) in [5.41, 5.74) is 8.71. The predicted octanol–water partition coefficient (Wildman–Crippen LogP) is 14.5. The lowest BCUT2D eigenvalue weighted by atomic mass is 9.85. The largest absolute Gasteiger partial charge is 0.278 e. The van der Waals surface area contributed by atoms with Crippen LogP contribution in [0.1, 0.15) is 25.1 Å². The number of nitrogens with zero attached hydrogens (tertiary/aromatic N) is 3. The van der Waals surface area contributed by atoms with E-state index < -0.39 is 0 Å². The highest BCUT2D eigenvalue weighted by atomic mass is 32.1. The van der Waals surface area contributed by atoms with Gasteiger partial charge in [-0.2, -0.15) is 0 Å². The second kappa shape index (κ2) is 11.1. The van der Waals surface area contributed by atoms with Crippen LogP contribution in [0.2, 0.25) is 0 Å². The Balaban J connectivity index is 1.23. The zero-order valence-electron chi connectivity index (χ0n) is 31.3. The number of benzene rings is 9. The lowest BCUT2D eigenvalue weighted by Crippen LogP contribution is -2.18. The van der Waals surface area contributed by atoms with E-state index in [1.54, 1.807) is 0 Å². The van der Waals surface area contributed by atoms with E-state index in [1.807, 2.05) is 11.3 Å². The Morgan fingerprint density at radius 1 is 0.456 bits per heavy atom. The molecule has 0 fully saturated rings. The molecule has 57 heavy (non-hydrogen) atoms. The molecule has 0 saturated carbocycles. The quantitative estimate of drug-likeness (QED) is 0.165. The van der Waals surface area contributed by atoms with E-state index in [9.17, 15) is 0 Å². The van der Waals surface area contributed by atoms with Crippen molar-refractivity contribution >= 4 is 96.4 Å². The van der Waals surface area contributed by atoms with Gasteiger partial charge in [0, 0.05) is 52.9 Å². The van der Waals surface area contributed by atoms with Gasteiger partial charge >= 0.3 is 0 Å². The van der Waals surface area contributed by atoms with E-state index in [0.717, 1.165) is 33.5 Å². The third-order valence-electron chi connectivity index (χ3n) is 12.7. The van der Waals surface area contributed by atoms with Crippen LogP contribution in [-0.4, -0.2) is 14.5 Å². The van der Waals surface area contributed by atoms with Gasteiger partial charge in [0.1, 0.15) is 0 Å². The Bertz CT molecular complexity index is 3700. The van der Waals surface area contributed by atoms with Crippen molar-refractivity contribution in [3.63, 3.8) is 0 Å². The fourth-order valence-electron chi connectivity index (χ4n) is 10.2. The molecule has 4 heteroatoms. The van der Waals surface area contributed by atoms with Crippen LogP contribution in [0, 0.1) is 0 Å². The minimum atomic E-state index is -0.334. The van der Waals surface area contributed by atoms with Gasteiger partial charge in [-0.1, -0.05) is 159 Å². The summed E-state index contributed by atoms with van der Waals surface area (Å²) in [6.07, 6.45) is 0. The number of hydrogen-bond acceptors (Lipinski definition) is 3. The molecule has 0 amide bonds. The molecule has 3 aromatic heterocycles. The van der Waals surface area contributed by atoms with E-state index in [2.05, 4.69) is 182 Å². The van der Waals surface area contributed by atoms with Crippen molar-refractivity contribution < 1.29 is 0 Å². The van der Waals surface area contributed by atoms with Gasteiger partial charge < -0.3 is 0 Å². The van der Waals surface area contributed by atoms with Gasteiger partial charge in [0.05, 0.1) is 22.4 Å². The molecule has 13 rings (SSSR count). The molecule has 1 aliphatic carbocycles. The van der Waals surface area contributed by atoms with Crippen molar-refractivity contribution in [3.8, 4) is 28.3 Å². The van der Waals surface area contributed by atoms with Crippen molar-refractivity contribution in [2.75, 3.05) is 0 Å². The Hall–Kier alpha value is -6.88. The first kappa shape index (κ1) is 31.3. The van der Waals surface area contributed by atoms with Crippen molar-refractivity contribution in [3.05, 3.63) is 175 Å². The summed E-state index contributed by atoms with van der Waals surface area (Å²) in [5, 5.41) is 15.1. The maximum atomic E-state index is 5.77. The first-order valence-corrected chi connectivity index (χ1v) is 20.5. The molecule has 9 aromatic carbocycles. The molecule has 3 heterocycles. The van der Waals surface area contributed by atoms with E-state index in [-0.39, 0.29) is 5.41 Å². The fraction of sp³-hybridized carbons (Fsp3) is 0.0566. The van der Waals surface area contributed by atoms with E-state index in [0.29, 0.717) is 5.95 Å². The average molecular weight is 744 g/mol. The van der Waals surface area contributed by atoms with Crippen LogP contribution in [-0.2, 0) is 5.41 Å². The lowest BCUT2D eigenvalue weighted by Gasteiger charge is -2.21. The van der Waals surface area contributed by atoms with Crippen LogP contribution in [0.5, 0.6) is 0 Å². The van der Waals surface area contributed by atoms with Gasteiger partial charge in [0.25, 0.3) is 0 Å². The maximum absolute atomic E-state index is 5.77. The first-order valence-electron chi connectivity index (χ1n) is 19.7. The smallest absolute Gasteiger partial charge is 0.235 e. The molecular formula is C53H33N3S. The van der Waals surface area contributed by atoms with Crippen molar-refractivity contribution in [2.24, 2.45) is 0 Å². The van der Waals surface area contributed by atoms with Crippen LogP contribution in [0.25, 0.3) is 113 Å². The fourth-order valence-corrected chi connectivity index (χ4v) is 11.5. The Labute approximate surface area is 332 Å². The average Bonchev–Trinajstić information content (AvgIpc) is 3.89.